The van der Waals surface area contributed by atoms with E-state index >= 15 is 0 Å². The van der Waals surface area contributed by atoms with Crippen molar-refractivity contribution in [2.24, 2.45) is 0 Å². The summed E-state index contributed by atoms with van der Waals surface area (Å²) in [6, 6.07) is 0. The van der Waals surface area contributed by atoms with Crippen LogP contribution < -0.4 is 0 Å². The Hall–Kier alpha value is -0.197. The van der Waals surface area contributed by atoms with Gasteiger partial charge in [-0.05, 0) is 25.7 Å². The fraction of sp³-hybridized carbons (Fsp3) is 0.556. The minimum absolute atomic E-state index is 0. The molecule has 0 aromatic heterocycles. The third-order valence-electron chi connectivity index (χ3n) is 1.63. The first-order chi connectivity index (χ1) is 7.25. The second-order valence-corrected chi connectivity index (χ2v) is 4.43. The number of rotatable bonds is 0. The van der Waals surface area contributed by atoms with Crippen molar-refractivity contribution in [2.75, 3.05) is 0 Å². The first-order valence-corrected chi connectivity index (χ1v) is 6.03. The Balaban J connectivity index is 0. The third-order valence-corrected chi connectivity index (χ3v) is 2.21. The summed E-state index contributed by atoms with van der Waals surface area (Å²) in [4.78, 5) is 0. The van der Waals surface area contributed by atoms with Gasteiger partial charge in [-0.15, -0.1) is 0 Å². The van der Waals surface area contributed by atoms with Crippen molar-refractivity contribution in [3.8, 4) is 0 Å². The summed E-state index contributed by atoms with van der Waals surface area (Å²) in [7, 11) is -5.84. The number of hydrogen-bond donors (Lipinski definition) is 1. The minimum atomic E-state index is -5.84. The van der Waals surface area contributed by atoms with Crippen LogP contribution >= 0.6 is 0 Å². The molecule has 1 rings (SSSR count). The molecule has 1 N–H and O–H groups in total. The van der Waals surface area contributed by atoms with Crippen LogP contribution in [0.4, 0.5) is 13.2 Å². The van der Waals surface area contributed by atoms with Crippen molar-refractivity contribution in [2.45, 2.75) is 31.2 Å². The standard InChI is InChI=1S/C8H12.CHF3O3S.Rh/c1-2-4-6-8-7-5-3-1;2-1(3,4)8(5,6)7;/h1-2,7-8H,3-6H2;(H,5,6,7);/b2-1-,8-7?;;. The van der Waals surface area contributed by atoms with E-state index in [-0.39, 0.29) is 19.5 Å². The van der Waals surface area contributed by atoms with Gasteiger partial charge in [0.1, 0.15) is 0 Å². The van der Waals surface area contributed by atoms with Crippen LogP contribution in [-0.2, 0) is 29.6 Å². The normalized spacial score (nSPS) is 17.9. The quantitative estimate of drug-likeness (QED) is 0.312. The van der Waals surface area contributed by atoms with Gasteiger partial charge in [-0.25, -0.2) is 0 Å². The molecule has 0 unspecified atom stereocenters. The molecule has 103 valence electrons. The van der Waals surface area contributed by atoms with E-state index in [4.69, 9.17) is 13.0 Å². The maximum atomic E-state index is 10.7. The van der Waals surface area contributed by atoms with Gasteiger partial charge in [-0.1, -0.05) is 24.3 Å². The maximum absolute atomic E-state index is 10.7. The first kappa shape index (κ1) is 19.2. The minimum Gasteiger partial charge on any atom is -0.279 e. The van der Waals surface area contributed by atoms with Crippen LogP contribution in [0.5, 0.6) is 0 Å². The summed E-state index contributed by atoms with van der Waals surface area (Å²) in [5.74, 6) is 0. The van der Waals surface area contributed by atoms with Crippen LogP contribution in [0.3, 0.4) is 0 Å². The van der Waals surface area contributed by atoms with E-state index in [0.717, 1.165) is 0 Å². The molecule has 1 aliphatic rings. The van der Waals surface area contributed by atoms with E-state index in [1.165, 1.54) is 25.7 Å². The van der Waals surface area contributed by atoms with Crippen LogP contribution in [0, 0.1) is 0 Å². The smallest absolute Gasteiger partial charge is 0.279 e. The van der Waals surface area contributed by atoms with Gasteiger partial charge in [0.2, 0.25) is 0 Å². The molecule has 0 aromatic rings. The Morgan fingerprint density at radius 2 is 1.06 bits per heavy atom. The fourth-order valence-electron chi connectivity index (χ4n) is 0.856. The molecule has 0 aromatic carbocycles. The second kappa shape index (κ2) is 8.83. The topological polar surface area (TPSA) is 54.4 Å². The largest absolute Gasteiger partial charge is 0.522 e. The molecule has 0 bridgehead atoms. The summed E-state index contributed by atoms with van der Waals surface area (Å²) in [5.41, 5.74) is -5.53. The van der Waals surface area contributed by atoms with Crippen LogP contribution in [0.15, 0.2) is 24.3 Å². The summed E-state index contributed by atoms with van der Waals surface area (Å²) in [6.07, 6.45) is 14.0. The number of allylic oxidation sites excluding steroid dienone is 4. The van der Waals surface area contributed by atoms with Gasteiger partial charge in [-0.2, -0.15) is 21.6 Å². The molecule has 0 atom stereocenters. The van der Waals surface area contributed by atoms with Crippen molar-refractivity contribution in [3.63, 3.8) is 0 Å². The summed E-state index contributed by atoms with van der Waals surface area (Å²) < 4.78 is 57.5. The number of hydrogen-bond acceptors (Lipinski definition) is 2. The van der Waals surface area contributed by atoms with Crippen molar-refractivity contribution >= 4 is 10.1 Å². The second-order valence-electron chi connectivity index (χ2n) is 3.02. The van der Waals surface area contributed by atoms with Crippen molar-refractivity contribution < 1.29 is 45.6 Å². The Kier molecular flexibility index (Phi) is 9.95. The first-order valence-electron chi connectivity index (χ1n) is 4.59. The summed E-state index contributed by atoms with van der Waals surface area (Å²) in [6.45, 7) is 0. The van der Waals surface area contributed by atoms with Crippen molar-refractivity contribution in [3.05, 3.63) is 24.3 Å². The zero-order valence-electron chi connectivity index (χ0n) is 8.78. The van der Waals surface area contributed by atoms with E-state index in [1.807, 2.05) is 0 Å². The predicted molar refractivity (Wildman–Crippen MR) is 54.4 cm³/mol. The molecule has 0 aliphatic heterocycles. The Labute approximate surface area is 111 Å². The van der Waals surface area contributed by atoms with Crippen molar-refractivity contribution in [1.82, 2.24) is 0 Å². The third kappa shape index (κ3) is 10.7. The van der Waals surface area contributed by atoms with Crippen LogP contribution in [0.2, 0.25) is 0 Å². The molecule has 3 nitrogen and oxygen atoms in total. The van der Waals surface area contributed by atoms with Gasteiger partial charge in [0.15, 0.2) is 0 Å². The molecule has 1 radical (unpaired) electrons. The van der Waals surface area contributed by atoms with Gasteiger partial charge >= 0.3 is 15.6 Å². The van der Waals surface area contributed by atoms with Crippen LogP contribution in [-0.4, -0.2) is 18.5 Å². The Morgan fingerprint density at radius 1 is 0.882 bits per heavy atom. The van der Waals surface area contributed by atoms with Gasteiger partial charge in [0.05, 0.1) is 0 Å². The van der Waals surface area contributed by atoms with Crippen LogP contribution in [0.1, 0.15) is 25.7 Å². The predicted octanol–water partition coefficient (Wildman–Crippen LogP) is 3.06. The van der Waals surface area contributed by atoms with E-state index in [0.29, 0.717) is 0 Å². The Bertz CT molecular complexity index is 321. The maximum Gasteiger partial charge on any atom is 0.522 e. The zero-order chi connectivity index (χ0) is 12.7. The Morgan fingerprint density at radius 3 is 1.18 bits per heavy atom. The van der Waals surface area contributed by atoms with Crippen LogP contribution in [0.25, 0.3) is 0 Å². The molecule has 0 saturated heterocycles. The van der Waals surface area contributed by atoms with E-state index < -0.39 is 15.6 Å². The number of halogens is 3. The molecule has 17 heavy (non-hydrogen) atoms. The average Bonchev–Trinajstić information content (AvgIpc) is 1.98. The number of alkyl halides is 3. The molecule has 0 amide bonds. The molecule has 0 fully saturated rings. The molecular formula is C9H13F3O3RhS. The molecule has 0 saturated carbocycles. The summed E-state index contributed by atoms with van der Waals surface area (Å²) in [5, 5.41) is 0. The molecule has 1 aliphatic carbocycles. The van der Waals surface area contributed by atoms with Gasteiger partial charge in [-0.3, -0.25) is 4.55 Å². The monoisotopic (exact) mass is 361 g/mol. The fourth-order valence-corrected chi connectivity index (χ4v) is 0.856. The SMILES string of the molecule is C1=CCC/C=C\CC1.O=S(=O)(O)C(F)(F)F.[Rh]. The molecule has 0 spiro atoms. The van der Waals surface area contributed by atoms with Crippen molar-refractivity contribution in [1.29, 1.82) is 0 Å². The molecule has 8 heteroatoms. The van der Waals surface area contributed by atoms with E-state index in [9.17, 15) is 13.2 Å². The van der Waals surface area contributed by atoms with Gasteiger partial charge in [0.25, 0.3) is 0 Å². The molecular weight excluding hydrogens is 348 g/mol. The van der Waals surface area contributed by atoms with Gasteiger partial charge < -0.3 is 0 Å². The van der Waals surface area contributed by atoms with Gasteiger partial charge in [0, 0.05) is 19.5 Å². The zero-order valence-corrected chi connectivity index (χ0v) is 11.2. The van der Waals surface area contributed by atoms with E-state index in [1.54, 1.807) is 0 Å². The summed E-state index contributed by atoms with van der Waals surface area (Å²) >= 11 is 0. The van der Waals surface area contributed by atoms with E-state index in [2.05, 4.69) is 24.3 Å². The average molecular weight is 361 g/mol. The molecule has 0 heterocycles.